The maximum atomic E-state index is 4.45. The molecule has 0 radical (unpaired) electrons. The Morgan fingerprint density at radius 3 is 2.79 bits per heavy atom. The number of pyridine rings is 1. The number of nitrogens with zero attached hydrogens (tertiary/aromatic N) is 1. The molecule has 14 heavy (non-hydrogen) atoms. The van der Waals surface area contributed by atoms with Crippen LogP contribution in [0.5, 0.6) is 0 Å². The summed E-state index contributed by atoms with van der Waals surface area (Å²) in [6.07, 6.45) is 7.78. The average molecular weight is 187 g/mol. The maximum absolute atomic E-state index is 4.45. The predicted molar refractivity (Wildman–Crippen MR) is 59.1 cm³/mol. The Bertz CT molecular complexity index is 315. The van der Waals surface area contributed by atoms with Crippen LogP contribution in [0, 0.1) is 11.8 Å². The molecule has 0 fully saturated rings. The van der Waals surface area contributed by atoms with Gasteiger partial charge in [0.1, 0.15) is 0 Å². The third kappa shape index (κ3) is 1.87. The van der Waals surface area contributed by atoms with E-state index in [2.05, 4.69) is 43.1 Å². The van der Waals surface area contributed by atoms with Crippen molar-refractivity contribution in [1.82, 2.24) is 4.98 Å². The van der Waals surface area contributed by atoms with E-state index in [9.17, 15) is 0 Å². The quantitative estimate of drug-likeness (QED) is 0.614. The lowest BCUT2D eigenvalue weighted by molar-refractivity contribution is 0.422. The van der Waals surface area contributed by atoms with E-state index >= 15 is 0 Å². The van der Waals surface area contributed by atoms with Crippen LogP contribution in [-0.4, -0.2) is 4.98 Å². The summed E-state index contributed by atoms with van der Waals surface area (Å²) in [5.74, 6) is 1.93. The minimum atomic E-state index is 0.608. The molecule has 2 rings (SSSR count). The van der Waals surface area contributed by atoms with Gasteiger partial charge in [0.25, 0.3) is 0 Å². The molecular formula is C13H17N. The number of rotatable bonds is 1. The van der Waals surface area contributed by atoms with Crippen LogP contribution in [0.15, 0.2) is 36.5 Å². The van der Waals surface area contributed by atoms with Crippen molar-refractivity contribution in [2.75, 3.05) is 0 Å². The van der Waals surface area contributed by atoms with E-state index in [0.717, 1.165) is 0 Å². The van der Waals surface area contributed by atoms with E-state index in [4.69, 9.17) is 0 Å². The van der Waals surface area contributed by atoms with Gasteiger partial charge in [0.2, 0.25) is 0 Å². The molecule has 1 aliphatic rings. The highest BCUT2D eigenvalue weighted by molar-refractivity contribution is 5.16. The fraction of sp³-hybridized carbons (Fsp3) is 0.462. The van der Waals surface area contributed by atoms with Gasteiger partial charge in [-0.25, -0.2) is 0 Å². The molecule has 3 atom stereocenters. The Hall–Kier alpha value is -1.11. The van der Waals surface area contributed by atoms with Gasteiger partial charge in [-0.05, 0) is 30.4 Å². The molecule has 1 heterocycles. The standard InChI is InChI=1S/C13H17N/c1-10-6-7-11(2)12(9-10)13-5-3-4-8-14-13/h3-8,10-12H,9H2,1-2H3. The van der Waals surface area contributed by atoms with Gasteiger partial charge < -0.3 is 0 Å². The highest BCUT2D eigenvalue weighted by Gasteiger charge is 2.23. The molecule has 0 bridgehead atoms. The van der Waals surface area contributed by atoms with Gasteiger partial charge in [0.05, 0.1) is 0 Å². The van der Waals surface area contributed by atoms with Crippen LogP contribution in [0.3, 0.4) is 0 Å². The minimum absolute atomic E-state index is 0.608. The van der Waals surface area contributed by atoms with Crippen LogP contribution < -0.4 is 0 Å². The highest BCUT2D eigenvalue weighted by Crippen LogP contribution is 2.34. The van der Waals surface area contributed by atoms with Gasteiger partial charge >= 0.3 is 0 Å². The molecule has 74 valence electrons. The molecular weight excluding hydrogens is 170 g/mol. The van der Waals surface area contributed by atoms with Crippen LogP contribution >= 0.6 is 0 Å². The summed E-state index contributed by atoms with van der Waals surface area (Å²) >= 11 is 0. The summed E-state index contributed by atoms with van der Waals surface area (Å²) in [5.41, 5.74) is 1.25. The molecule has 0 aromatic carbocycles. The fourth-order valence-corrected chi connectivity index (χ4v) is 2.18. The average Bonchev–Trinajstić information content (AvgIpc) is 2.23. The van der Waals surface area contributed by atoms with Crippen LogP contribution in [0.4, 0.5) is 0 Å². The number of aromatic nitrogens is 1. The monoisotopic (exact) mass is 187 g/mol. The molecule has 3 unspecified atom stereocenters. The Kier molecular flexibility index (Phi) is 2.67. The zero-order valence-electron chi connectivity index (χ0n) is 8.85. The van der Waals surface area contributed by atoms with E-state index < -0.39 is 0 Å². The van der Waals surface area contributed by atoms with Gasteiger partial charge in [-0.15, -0.1) is 0 Å². The summed E-state index contributed by atoms with van der Waals surface area (Å²) in [6.45, 7) is 4.56. The van der Waals surface area contributed by atoms with E-state index in [-0.39, 0.29) is 0 Å². The Balaban J connectivity index is 2.23. The molecule has 0 amide bonds. The zero-order chi connectivity index (χ0) is 9.97. The van der Waals surface area contributed by atoms with Gasteiger partial charge in [-0.2, -0.15) is 0 Å². The van der Waals surface area contributed by atoms with Crippen molar-refractivity contribution in [2.45, 2.75) is 26.2 Å². The van der Waals surface area contributed by atoms with Crippen molar-refractivity contribution in [3.05, 3.63) is 42.2 Å². The largest absolute Gasteiger partial charge is 0.261 e. The zero-order valence-corrected chi connectivity index (χ0v) is 8.85. The number of allylic oxidation sites excluding steroid dienone is 2. The lowest BCUT2D eigenvalue weighted by Crippen LogP contribution is -2.16. The Morgan fingerprint density at radius 2 is 2.07 bits per heavy atom. The number of hydrogen-bond donors (Lipinski definition) is 0. The van der Waals surface area contributed by atoms with Crippen LogP contribution in [0.1, 0.15) is 31.9 Å². The Labute approximate surface area is 85.9 Å². The molecule has 0 saturated carbocycles. The van der Waals surface area contributed by atoms with Crippen LogP contribution in [0.25, 0.3) is 0 Å². The summed E-state index contributed by atoms with van der Waals surface area (Å²) in [4.78, 5) is 4.45. The van der Waals surface area contributed by atoms with Crippen molar-refractivity contribution < 1.29 is 0 Å². The summed E-state index contributed by atoms with van der Waals surface area (Å²) in [7, 11) is 0. The number of hydrogen-bond acceptors (Lipinski definition) is 1. The third-order valence-electron chi connectivity index (χ3n) is 3.07. The summed E-state index contributed by atoms with van der Waals surface area (Å²) in [6, 6.07) is 6.21. The second-order valence-electron chi connectivity index (χ2n) is 4.32. The van der Waals surface area contributed by atoms with Gasteiger partial charge in [-0.1, -0.05) is 32.1 Å². The predicted octanol–water partition coefficient (Wildman–Crippen LogP) is 3.40. The van der Waals surface area contributed by atoms with Gasteiger partial charge in [-0.3, -0.25) is 4.98 Å². The van der Waals surface area contributed by atoms with Crippen molar-refractivity contribution in [1.29, 1.82) is 0 Å². The molecule has 0 spiro atoms. The second-order valence-corrected chi connectivity index (χ2v) is 4.32. The van der Waals surface area contributed by atoms with Crippen molar-refractivity contribution >= 4 is 0 Å². The third-order valence-corrected chi connectivity index (χ3v) is 3.07. The van der Waals surface area contributed by atoms with Crippen molar-refractivity contribution in [3.63, 3.8) is 0 Å². The summed E-state index contributed by atoms with van der Waals surface area (Å²) < 4.78 is 0. The highest BCUT2D eigenvalue weighted by atomic mass is 14.7. The topological polar surface area (TPSA) is 12.9 Å². The molecule has 0 N–H and O–H groups in total. The van der Waals surface area contributed by atoms with Crippen LogP contribution in [-0.2, 0) is 0 Å². The fourth-order valence-electron chi connectivity index (χ4n) is 2.18. The molecule has 0 saturated heterocycles. The lowest BCUT2D eigenvalue weighted by Gasteiger charge is -2.27. The maximum Gasteiger partial charge on any atom is 0.0440 e. The second kappa shape index (κ2) is 3.95. The first-order valence-electron chi connectivity index (χ1n) is 5.36. The molecule has 1 aromatic rings. The first kappa shape index (κ1) is 9.45. The van der Waals surface area contributed by atoms with Crippen LogP contribution in [0.2, 0.25) is 0 Å². The van der Waals surface area contributed by atoms with Crippen molar-refractivity contribution in [3.8, 4) is 0 Å². The summed E-state index contributed by atoms with van der Waals surface area (Å²) in [5, 5.41) is 0. The van der Waals surface area contributed by atoms with Gasteiger partial charge in [0, 0.05) is 17.8 Å². The Morgan fingerprint density at radius 1 is 1.21 bits per heavy atom. The van der Waals surface area contributed by atoms with E-state index in [0.29, 0.717) is 17.8 Å². The molecule has 1 aromatic heterocycles. The SMILES string of the molecule is CC1C=CC(C)C(c2ccccn2)C1. The van der Waals surface area contributed by atoms with E-state index in [1.54, 1.807) is 0 Å². The normalized spacial score (nSPS) is 31.7. The first-order valence-corrected chi connectivity index (χ1v) is 5.36. The van der Waals surface area contributed by atoms with E-state index in [1.165, 1.54) is 12.1 Å². The minimum Gasteiger partial charge on any atom is -0.261 e. The van der Waals surface area contributed by atoms with Crippen molar-refractivity contribution in [2.24, 2.45) is 11.8 Å². The smallest absolute Gasteiger partial charge is 0.0440 e. The molecule has 1 heteroatoms. The first-order chi connectivity index (χ1) is 6.77. The molecule has 0 aliphatic heterocycles. The molecule has 1 nitrogen and oxygen atoms in total. The lowest BCUT2D eigenvalue weighted by atomic mass is 9.78. The molecule has 1 aliphatic carbocycles. The van der Waals surface area contributed by atoms with E-state index in [1.807, 2.05) is 12.3 Å². The van der Waals surface area contributed by atoms with Gasteiger partial charge in [0.15, 0.2) is 0 Å².